The van der Waals surface area contributed by atoms with Crippen LogP contribution < -0.4 is 15.5 Å². The minimum Gasteiger partial charge on any atom is -0.463 e. The minimum absolute atomic E-state index is 0.0809. The second kappa shape index (κ2) is 15.1. The van der Waals surface area contributed by atoms with Crippen LogP contribution in [0.1, 0.15) is 37.8 Å². The molecule has 2 aromatic carbocycles. The largest absolute Gasteiger partial charge is 0.463 e. The Kier molecular flexibility index (Phi) is 11.2. The third-order valence-corrected chi connectivity index (χ3v) is 5.76. The van der Waals surface area contributed by atoms with E-state index in [0.717, 1.165) is 18.4 Å². The van der Waals surface area contributed by atoms with Crippen LogP contribution in [0.25, 0.3) is 0 Å². The van der Waals surface area contributed by atoms with Gasteiger partial charge in [0.25, 0.3) is 5.91 Å². The van der Waals surface area contributed by atoms with Gasteiger partial charge in [-0.3, -0.25) is 14.6 Å². The molecule has 3 amide bonds. The summed E-state index contributed by atoms with van der Waals surface area (Å²) in [6, 6.07) is 15.5. The molecule has 0 unspecified atom stereocenters. The van der Waals surface area contributed by atoms with Crippen LogP contribution in [0, 0.1) is 0 Å². The van der Waals surface area contributed by atoms with E-state index in [1.54, 1.807) is 19.1 Å². The van der Waals surface area contributed by atoms with Crippen molar-refractivity contribution in [3.05, 3.63) is 77.9 Å². The quantitative estimate of drug-likeness (QED) is 0.245. The summed E-state index contributed by atoms with van der Waals surface area (Å²) in [4.78, 5) is 56.3. The average Bonchev–Trinajstić information content (AvgIpc) is 3.05. The lowest BCUT2D eigenvalue weighted by Gasteiger charge is -2.24. The zero-order valence-electron chi connectivity index (χ0n) is 22.2. The van der Waals surface area contributed by atoms with Gasteiger partial charge in [0.05, 0.1) is 18.0 Å². The molecule has 10 nitrogen and oxygen atoms in total. The monoisotopic (exact) mass is 534 g/mol. The lowest BCUT2D eigenvalue weighted by Crippen LogP contribution is -2.46. The molecule has 0 aromatic heterocycles. The molecule has 0 fully saturated rings. The van der Waals surface area contributed by atoms with Crippen molar-refractivity contribution in [2.24, 2.45) is 4.99 Å². The van der Waals surface area contributed by atoms with E-state index in [-0.39, 0.29) is 26.3 Å². The summed E-state index contributed by atoms with van der Waals surface area (Å²) in [6.07, 6.45) is 3.79. The summed E-state index contributed by atoms with van der Waals surface area (Å²) < 4.78 is 10.2. The van der Waals surface area contributed by atoms with E-state index < -0.39 is 29.9 Å². The van der Waals surface area contributed by atoms with Crippen molar-refractivity contribution in [2.75, 3.05) is 37.7 Å². The molecular weight excluding hydrogens is 500 g/mol. The molecule has 0 saturated heterocycles. The number of unbranched alkanes of at least 4 members (excludes halogenated alkanes) is 1. The van der Waals surface area contributed by atoms with E-state index in [2.05, 4.69) is 10.6 Å². The Bertz CT molecular complexity index is 1210. The number of nitrogens with one attached hydrogen (secondary N) is 2. The number of fused-ring (bicyclic) bond motifs is 1. The number of anilines is 1. The maximum Gasteiger partial charge on any atom is 0.407 e. The van der Waals surface area contributed by atoms with Gasteiger partial charge in [0.1, 0.15) is 13.2 Å². The number of rotatable bonds is 12. The normalized spacial score (nSPS) is 14.7. The maximum absolute atomic E-state index is 13.7. The van der Waals surface area contributed by atoms with Crippen LogP contribution in [0.2, 0.25) is 0 Å². The van der Waals surface area contributed by atoms with Crippen LogP contribution in [0.15, 0.2) is 71.7 Å². The van der Waals surface area contributed by atoms with Gasteiger partial charge in [-0.05, 0) is 19.4 Å². The number of hydrogen-bond acceptors (Lipinski definition) is 7. The van der Waals surface area contributed by atoms with E-state index in [1.165, 1.54) is 17.1 Å². The highest BCUT2D eigenvalue weighted by molar-refractivity contribution is 6.20. The number of ether oxygens (including phenoxy) is 2. The summed E-state index contributed by atoms with van der Waals surface area (Å²) in [5.74, 6) is -1.42. The van der Waals surface area contributed by atoms with Crippen LogP contribution in [-0.2, 0) is 23.9 Å². The van der Waals surface area contributed by atoms with E-state index in [1.807, 2.05) is 49.4 Å². The molecule has 0 spiro atoms. The molecule has 39 heavy (non-hydrogen) atoms. The fourth-order valence-electron chi connectivity index (χ4n) is 3.88. The summed E-state index contributed by atoms with van der Waals surface area (Å²) in [5, 5.41) is 5.34. The van der Waals surface area contributed by atoms with Crippen molar-refractivity contribution in [3.63, 3.8) is 0 Å². The molecule has 1 aliphatic rings. The molecule has 206 valence electrons. The highest BCUT2D eigenvalue weighted by atomic mass is 16.5. The Morgan fingerprint density at radius 2 is 1.74 bits per heavy atom. The summed E-state index contributed by atoms with van der Waals surface area (Å²) in [5.41, 5.74) is 2.52. The number of aliphatic imine (C=N–C) groups is 1. The second-order valence-electron chi connectivity index (χ2n) is 8.64. The molecule has 3 rings (SSSR count). The molecular formula is C29H34N4O6. The van der Waals surface area contributed by atoms with Gasteiger partial charge in [0.15, 0.2) is 6.04 Å². The van der Waals surface area contributed by atoms with Gasteiger partial charge >= 0.3 is 12.1 Å². The molecule has 1 heterocycles. The molecule has 2 aromatic rings. The topological polar surface area (TPSA) is 126 Å². The first-order chi connectivity index (χ1) is 18.9. The van der Waals surface area contributed by atoms with Crippen molar-refractivity contribution in [2.45, 2.75) is 32.7 Å². The number of amides is 3. The van der Waals surface area contributed by atoms with Crippen LogP contribution in [0.4, 0.5) is 10.5 Å². The zero-order chi connectivity index (χ0) is 28.0. The number of benzene rings is 2. The molecule has 1 atom stereocenters. The number of para-hydroxylation sites is 1. The third kappa shape index (κ3) is 8.53. The van der Waals surface area contributed by atoms with Crippen molar-refractivity contribution in [1.82, 2.24) is 10.6 Å². The predicted molar refractivity (Wildman–Crippen MR) is 148 cm³/mol. The predicted octanol–water partition coefficient (Wildman–Crippen LogP) is 3.00. The SMILES string of the molecule is CCCCNC(=O)OC[C@H]1N=C(c2ccccc2)c2ccccc2N(CC(=O)NC/C=C/C(=O)OCC)C1=O. The van der Waals surface area contributed by atoms with E-state index in [0.29, 0.717) is 23.5 Å². The van der Waals surface area contributed by atoms with Gasteiger partial charge < -0.3 is 25.0 Å². The Morgan fingerprint density at radius 3 is 2.49 bits per heavy atom. The standard InChI is InChI=1S/C29H34N4O6/c1-3-5-17-31-29(37)39-20-23-28(36)33(19-25(34)30-18-11-16-26(35)38-4-2)24-15-10-9-14-22(24)27(32-23)21-12-7-6-8-13-21/h6-16,23H,3-5,17-20H2,1-2H3,(H,30,34)(H,31,37)/b16-11+/t23-/m1/s1. The van der Waals surface area contributed by atoms with E-state index in [4.69, 9.17) is 14.5 Å². The Morgan fingerprint density at radius 1 is 1.00 bits per heavy atom. The summed E-state index contributed by atoms with van der Waals surface area (Å²) >= 11 is 0. The molecule has 0 aliphatic carbocycles. The van der Waals surface area contributed by atoms with Crippen LogP contribution in [-0.4, -0.2) is 68.5 Å². The fourth-order valence-corrected chi connectivity index (χ4v) is 3.88. The van der Waals surface area contributed by atoms with Crippen molar-refractivity contribution >= 4 is 35.3 Å². The van der Waals surface area contributed by atoms with Gasteiger partial charge in [-0.2, -0.15) is 0 Å². The molecule has 2 N–H and O–H groups in total. The first-order valence-electron chi connectivity index (χ1n) is 13.0. The van der Waals surface area contributed by atoms with Gasteiger partial charge in [-0.15, -0.1) is 0 Å². The number of nitrogens with zero attached hydrogens (tertiary/aromatic N) is 2. The number of benzodiazepines with no additional fused rings is 1. The number of carbonyl (C=O) groups excluding carboxylic acids is 4. The second-order valence-corrected chi connectivity index (χ2v) is 8.64. The third-order valence-electron chi connectivity index (χ3n) is 5.76. The van der Waals surface area contributed by atoms with E-state index >= 15 is 0 Å². The summed E-state index contributed by atoms with van der Waals surface area (Å²) in [6.45, 7) is 3.93. The highest BCUT2D eigenvalue weighted by Crippen LogP contribution is 2.28. The maximum atomic E-state index is 13.7. The van der Waals surface area contributed by atoms with Crippen molar-refractivity contribution in [3.8, 4) is 0 Å². The van der Waals surface area contributed by atoms with Crippen LogP contribution in [0.5, 0.6) is 0 Å². The molecule has 0 saturated carbocycles. The smallest absolute Gasteiger partial charge is 0.407 e. The molecule has 10 heteroatoms. The lowest BCUT2D eigenvalue weighted by atomic mass is 10.0. The van der Waals surface area contributed by atoms with Crippen LogP contribution in [0.3, 0.4) is 0 Å². The number of carbonyl (C=O) groups is 4. The fraction of sp³-hybridized carbons (Fsp3) is 0.345. The Balaban J connectivity index is 1.85. The summed E-state index contributed by atoms with van der Waals surface area (Å²) in [7, 11) is 0. The van der Waals surface area contributed by atoms with E-state index in [9.17, 15) is 19.2 Å². The van der Waals surface area contributed by atoms with Gasteiger partial charge in [0, 0.05) is 30.3 Å². The average molecular weight is 535 g/mol. The number of alkyl carbamates (subject to hydrolysis) is 1. The van der Waals surface area contributed by atoms with Gasteiger partial charge in [-0.1, -0.05) is 68.0 Å². The number of hydrogen-bond donors (Lipinski definition) is 2. The van der Waals surface area contributed by atoms with Gasteiger partial charge in [0.2, 0.25) is 5.91 Å². The van der Waals surface area contributed by atoms with Crippen LogP contribution >= 0.6 is 0 Å². The minimum atomic E-state index is -1.07. The Labute approximate surface area is 228 Å². The first-order valence-corrected chi connectivity index (χ1v) is 13.0. The molecule has 1 aliphatic heterocycles. The zero-order valence-corrected chi connectivity index (χ0v) is 22.2. The highest BCUT2D eigenvalue weighted by Gasteiger charge is 2.33. The van der Waals surface area contributed by atoms with Gasteiger partial charge in [-0.25, -0.2) is 9.59 Å². The van der Waals surface area contributed by atoms with Crippen molar-refractivity contribution < 1.29 is 28.7 Å². The first kappa shape index (κ1) is 29.1. The Hall–Kier alpha value is -4.47. The lowest BCUT2D eigenvalue weighted by molar-refractivity contribution is -0.137. The van der Waals surface area contributed by atoms with Crippen molar-refractivity contribution in [1.29, 1.82) is 0 Å². The molecule has 0 bridgehead atoms. The molecule has 0 radical (unpaired) electrons. The number of esters is 1.